The zero-order valence-corrected chi connectivity index (χ0v) is 9.90. The van der Waals surface area contributed by atoms with Crippen molar-refractivity contribution in [3.05, 3.63) is 33.8 Å². The summed E-state index contributed by atoms with van der Waals surface area (Å²) >= 11 is 6.23. The highest BCUT2D eigenvalue weighted by molar-refractivity contribution is 6.31. The van der Waals surface area contributed by atoms with Crippen molar-refractivity contribution < 1.29 is 4.74 Å². The van der Waals surface area contributed by atoms with Crippen molar-refractivity contribution >= 4 is 11.6 Å². The number of rotatable bonds is 1. The Bertz CT molecular complexity index is 359. The lowest BCUT2D eigenvalue weighted by Gasteiger charge is -2.26. The molecule has 0 bridgehead atoms. The zero-order chi connectivity index (χ0) is 10.8. The Balaban J connectivity index is 2.36. The molecule has 1 aliphatic rings. The number of nitrogens with one attached hydrogen (secondary N) is 1. The Hall–Kier alpha value is -0.570. The first-order valence-electron chi connectivity index (χ1n) is 5.28. The summed E-state index contributed by atoms with van der Waals surface area (Å²) in [6.45, 7) is 6.75. The monoisotopic (exact) mass is 225 g/mol. The van der Waals surface area contributed by atoms with Crippen molar-refractivity contribution in [3.63, 3.8) is 0 Å². The summed E-state index contributed by atoms with van der Waals surface area (Å²) in [7, 11) is 0. The summed E-state index contributed by atoms with van der Waals surface area (Å²) in [5.41, 5.74) is 3.66. The van der Waals surface area contributed by atoms with Gasteiger partial charge in [0.1, 0.15) is 0 Å². The van der Waals surface area contributed by atoms with Gasteiger partial charge in [0.2, 0.25) is 0 Å². The van der Waals surface area contributed by atoms with Crippen LogP contribution in [0.4, 0.5) is 0 Å². The Kier molecular flexibility index (Phi) is 3.29. The maximum atomic E-state index is 6.23. The molecular weight excluding hydrogens is 210 g/mol. The van der Waals surface area contributed by atoms with E-state index in [-0.39, 0.29) is 6.10 Å². The molecule has 3 heteroatoms. The number of benzene rings is 1. The lowest BCUT2D eigenvalue weighted by atomic mass is 9.98. The van der Waals surface area contributed by atoms with Crippen LogP contribution in [-0.4, -0.2) is 19.7 Å². The first kappa shape index (κ1) is 10.9. The molecule has 0 amide bonds. The van der Waals surface area contributed by atoms with Crippen molar-refractivity contribution in [3.8, 4) is 0 Å². The van der Waals surface area contributed by atoms with E-state index in [2.05, 4.69) is 25.2 Å². The topological polar surface area (TPSA) is 21.3 Å². The van der Waals surface area contributed by atoms with Gasteiger partial charge in [0.05, 0.1) is 12.7 Å². The van der Waals surface area contributed by atoms with Crippen molar-refractivity contribution in [1.29, 1.82) is 0 Å². The van der Waals surface area contributed by atoms with E-state index in [9.17, 15) is 0 Å². The SMILES string of the molecule is Cc1ccc(Cl)c(C2CNCCO2)c1C. The van der Waals surface area contributed by atoms with Gasteiger partial charge < -0.3 is 10.1 Å². The van der Waals surface area contributed by atoms with Crippen LogP contribution in [0, 0.1) is 13.8 Å². The van der Waals surface area contributed by atoms with Gasteiger partial charge in [-0.25, -0.2) is 0 Å². The van der Waals surface area contributed by atoms with Gasteiger partial charge in [-0.3, -0.25) is 0 Å². The summed E-state index contributed by atoms with van der Waals surface area (Å²) < 4.78 is 5.73. The van der Waals surface area contributed by atoms with Crippen LogP contribution in [0.15, 0.2) is 12.1 Å². The molecule has 1 atom stereocenters. The Morgan fingerprint density at radius 3 is 2.87 bits per heavy atom. The van der Waals surface area contributed by atoms with Crippen molar-refractivity contribution in [2.24, 2.45) is 0 Å². The molecule has 82 valence electrons. The Morgan fingerprint density at radius 2 is 2.20 bits per heavy atom. The minimum absolute atomic E-state index is 0.103. The number of aryl methyl sites for hydroxylation is 1. The van der Waals surface area contributed by atoms with Crippen LogP contribution in [0.3, 0.4) is 0 Å². The van der Waals surface area contributed by atoms with E-state index in [1.807, 2.05) is 6.07 Å². The van der Waals surface area contributed by atoms with Gasteiger partial charge in [-0.1, -0.05) is 17.7 Å². The fourth-order valence-electron chi connectivity index (χ4n) is 1.95. The quantitative estimate of drug-likeness (QED) is 0.794. The van der Waals surface area contributed by atoms with Crippen LogP contribution in [-0.2, 0) is 4.74 Å². The second-order valence-corrected chi connectivity index (χ2v) is 4.37. The normalized spacial score (nSPS) is 21.7. The summed E-state index contributed by atoms with van der Waals surface area (Å²) in [6, 6.07) is 4.01. The molecule has 0 aromatic heterocycles. The molecule has 1 aromatic rings. The number of halogens is 1. The first-order valence-corrected chi connectivity index (χ1v) is 5.66. The maximum absolute atomic E-state index is 6.23. The van der Waals surface area contributed by atoms with Gasteiger partial charge >= 0.3 is 0 Å². The van der Waals surface area contributed by atoms with E-state index >= 15 is 0 Å². The highest BCUT2D eigenvalue weighted by Gasteiger charge is 2.20. The Morgan fingerprint density at radius 1 is 1.40 bits per heavy atom. The number of morpholine rings is 1. The maximum Gasteiger partial charge on any atom is 0.0966 e. The van der Waals surface area contributed by atoms with E-state index in [0.29, 0.717) is 0 Å². The fraction of sp³-hybridized carbons (Fsp3) is 0.500. The van der Waals surface area contributed by atoms with Gasteiger partial charge in [-0.15, -0.1) is 0 Å². The summed E-state index contributed by atoms with van der Waals surface area (Å²) in [5.74, 6) is 0. The molecule has 0 aliphatic carbocycles. The molecule has 0 saturated carbocycles. The molecule has 1 heterocycles. The van der Waals surface area contributed by atoms with Gasteiger partial charge in [-0.05, 0) is 31.0 Å². The number of hydrogen-bond donors (Lipinski definition) is 1. The van der Waals surface area contributed by atoms with Crippen LogP contribution in [0.2, 0.25) is 5.02 Å². The van der Waals surface area contributed by atoms with E-state index in [1.165, 1.54) is 11.1 Å². The van der Waals surface area contributed by atoms with Crippen molar-refractivity contribution in [2.45, 2.75) is 20.0 Å². The zero-order valence-electron chi connectivity index (χ0n) is 9.14. The third-order valence-corrected chi connectivity index (χ3v) is 3.31. The van der Waals surface area contributed by atoms with E-state index in [0.717, 1.165) is 30.3 Å². The average Bonchev–Trinajstić information content (AvgIpc) is 2.26. The van der Waals surface area contributed by atoms with Crippen LogP contribution in [0.25, 0.3) is 0 Å². The molecule has 2 rings (SSSR count). The minimum atomic E-state index is 0.103. The van der Waals surface area contributed by atoms with E-state index < -0.39 is 0 Å². The second kappa shape index (κ2) is 4.52. The molecule has 15 heavy (non-hydrogen) atoms. The molecule has 2 nitrogen and oxygen atoms in total. The highest BCUT2D eigenvalue weighted by atomic mass is 35.5. The lowest BCUT2D eigenvalue weighted by Crippen LogP contribution is -2.33. The summed E-state index contributed by atoms with van der Waals surface area (Å²) in [4.78, 5) is 0. The fourth-order valence-corrected chi connectivity index (χ4v) is 2.28. The lowest BCUT2D eigenvalue weighted by molar-refractivity contribution is 0.0273. The highest BCUT2D eigenvalue weighted by Crippen LogP contribution is 2.31. The van der Waals surface area contributed by atoms with Gasteiger partial charge in [0.25, 0.3) is 0 Å². The molecule has 1 aromatic carbocycles. The molecule has 1 fully saturated rings. The van der Waals surface area contributed by atoms with Crippen molar-refractivity contribution in [1.82, 2.24) is 5.32 Å². The summed E-state index contributed by atoms with van der Waals surface area (Å²) in [5, 5.41) is 4.14. The molecule has 0 radical (unpaired) electrons. The summed E-state index contributed by atoms with van der Waals surface area (Å²) in [6.07, 6.45) is 0.103. The molecule has 1 saturated heterocycles. The molecule has 0 spiro atoms. The smallest absolute Gasteiger partial charge is 0.0966 e. The van der Waals surface area contributed by atoms with Crippen LogP contribution in [0.1, 0.15) is 22.8 Å². The third kappa shape index (κ3) is 2.17. The number of ether oxygens (including phenoxy) is 1. The molecule has 1 N–H and O–H groups in total. The standard InChI is InChI=1S/C12H16ClNO/c1-8-3-4-10(13)12(9(8)2)11-7-14-5-6-15-11/h3-4,11,14H,5-7H2,1-2H3. The average molecular weight is 226 g/mol. The predicted molar refractivity (Wildman–Crippen MR) is 62.5 cm³/mol. The van der Waals surface area contributed by atoms with Crippen LogP contribution >= 0.6 is 11.6 Å². The number of hydrogen-bond acceptors (Lipinski definition) is 2. The van der Waals surface area contributed by atoms with Gasteiger partial charge in [0.15, 0.2) is 0 Å². The molecule has 1 aliphatic heterocycles. The van der Waals surface area contributed by atoms with E-state index in [4.69, 9.17) is 16.3 Å². The molecular formula is C12H16ClNO. The van der Waals surface area contributed by atoms with Crippen molar-refractivity contribution in [2.75, 3.05) is 19.7 Å². The second-order valence-electron chi connectivity index (χ2n) is 3.97. The Labute approximate surface area is 95.6 Å². The predicted octanol–water partition coefficient (Wildman–Crippen LogP) is 2.62. The molecule has 1 unspecified atom stereocenters. The largest absolute Gasteiger partial charge is 0.371 e. The first-order chi connectivity index (χ1) is 7.20. The van der Waals surface area contributed by atoms with Gasteiger partial charge in [-0.2, -0.15) is 0 Å². The van der Waals surface area contributed by atoms with Crippen LogP contribution < -0.4 is 5.32 Å². The van der Waals surface area contributed by atoms with E-state index in [1.54, 1.807) is 0 Å². The van der Waals surface area contributed by atoms with Crippen LogP contribution in [0.5, 0.6) is 0 Å². The van der Waals surface area contributed by atoms with Gasteiger partial charge in [0, 0.05) is 23.7 Å². The third-order valence-electron chi connectivity index (χ3n) is 2.98. The minimum Gasteiger partial charge on any atom is -0.371 e.